The number of ether oxygens (including phenoxy) is 1. The van der Waals surface area contributed by atoms with Crippen LogP contribution < -0.4 is 10.6 Å². The van der Waals surface area contributed by atoms with Crippen LogP contribution in [0.2, 0.25) is 0 Å². The van der Waals surface area contributed by atoms with E-state index in [2.05, 4.69) is 57.8 Å². The number of nitrogens with zero attached hydrogens (tertiary/aromatic N) is 1. The maximum atomic E-state index is 6.86. The van der Waals surface area contributed by atoms with Gasteiger partial charge in [-0.05, 0) is 31.9 Å². The Kier molecular flexibility index (Phi) is 3.34. The fourth-order valence-corrected chi connectivity index (χ4v) is 4.51. The highest BCUT2D eigenvalue weighted by Crippen LogP contribution is 2.58. The molecule has 1 aromatic carbocycles. The molecule has 3 nitrogen and oxygen atoms in total. The molecule has 2 N–H and O–H groups in total. The number of fused-ring (bicyclic) bond motifs is 1. The van der Waals surface area contributed by atoms with E-state index >= 15 is 0 Å². The number of hydrogen-bond acceptors (Lipinski definition) is 3. The number of nitrogens with two attached hydrogens (primary N) is 1. The Hall–Kier alpha value is -1.06. The van der Waals surface area contributed by atoms with Gasteiger partial charge in [0.25, 0.3) is 0 Å². The number of rotatable bonds is 3. The summed E-state index contributed by atoms with van der Waals surface area (Å²) in [6.45, 7) is 10.6. The van der Waals surface area contributed by atoms with Gasteiger partial charge in [0.15, 0.2) is 0 Å². The number of benzene rings is 1. The average Bonchev–Trinajstić information content (AvgIpc) is 2.86. The number of anilines is 1. The molecule has 116 valence electrons. The van der Waals surface area contributed by atoms with Gasteiger partial charge in [0.1, 0.15) is 0 Å². The first kappa shape index (κ1) is 14.9. The molecule has 0 radical (unpaired) electrons. The summed E-state index contributed by atoms with van der Waals surface area (Å²) in [6.07, 6.45) is 1.45. The van der Waals surface area contributed by atoms with Crippen molar-refractivity contribution in [1.29, 1.82) is 0 Å². The van der Waals surface area contributed by atoms with Crippen LogP contribution in [-0.4, -0.2) is 31.8 Å². The quantitative estimate of drug-likeness (QED) is 0.929. The summed E-state index contributed by atoms with van der Waals surface area (Å²) in [7, 11) is 2.16. The lowest BCUT2D eigenvalue weighted by Gasteiger charge is -2.63. The normalized spacial score (nSPS) is 33.4. The zero-order chi connectivity index (χ0) is 15.4. The van der Waals surface area contributed by atoms with Crippen molar-refractivity contribution in [2.45, 2.75) is 45.8 Å². The van der Waals surface area contributed by atoms with Gasteiger partial charge in [0.2, 0.25) is 0 Å². The zero-order valence-electron chi connectivity index (χ0n) is 13.9. The highest BCUT2D eigenvalue weighted by Gasteiger charge is 2.67. The average molecular weight is 288 g/mol. The standard InChI is InChI=1S/C18H28N2O/c1-12-6-7-15(13(2)10-12)20(5)11-18(19)14-8-9-21-16(14)17(18,3)4/h6-7,10,14,16H,8-9,11,19H2,1-5H3. The van der Waals surface area contributed by atoms with E-state index in [4.69, 9.17) is 10.5 Å². The summed E-state index contributed by atoms with van der Waals surface area (Å²) in [5.41, 5.74) is 10.6. The second-order valence-electron chi connectivity index (χ2n) is 7.59. The Bertz CT molecular complexity index is 554. The lowest BCUT2D eigenvalue weighted by atomic mass is 9.48. The SMILES string of the molecule is Cc1ccc(N(C)CC2(N)C3CCOC3C2(C)C)c(C)c1. The first-order valence-corrected chi connectivity index (χ1v) is 7.96. The Balaban J connectivity index is 1.82. The van der Waals surface area contributed by atoms with E-state index in [1.807, 2.05) is 0 Å². The Morgan fingerprint density at radius 1 is 1.33 bits per heavy atom. The smallest absolute Gasteiger partial charge is 0.0691 e. The molecular formula is C18H28N2O. The van der Waals surface area contributed by atoms with Gasteiger partial charge in [-0.2, -0.15) is 0 Å². The first-order chi connectivity index (χ1) is 9.77. The predicted octanol–water partition coefficient (Wildman–Crippen LogP) is 2.88. The fourth-order valence-electron chi connectivity index (χ4n) is 4.51. The summed E-state index contributed by atoms with van der Waals surface area (Å²) in [5.74, 6) is 0.501. The third-order valence-corrected chi connectivity index (χ3v) is 5.93. The number of hydrogen-bond donors (Lipinski definition) is 1. The van der Waals surface area contributed by atoms with Crippen molar-refractivity contribution in [2.24, 2.45) is 17.1 Å². The van der Waals surface area contributed by atoms with Gasteiger partial charge in [-0.1, -0.05) is 31.5 Å². The van der Waals surface area contributed by atoms with Crippen molar-refractivity contribution in [2.75, 3.05) is 25.1 Å². The predicted molar refractivity (Wildman–Crippen MR) is 87.7 cm³/mol. The zero-order valence-corrected chi connectivity index (χ0v) is 13.9. The molecule has 1 saturated carbocycles. The van der Waals surface area contributed by atoms with Crippen molar-refractivity contribution in [1.82, 2.24) is 0 Å². The molecule has 1 heterocycles. The van der Waals surface area contributed by atoms with Crippen molar-refractivity contribution in [3.8, 4) is 0 Å². The molecule has 3 unspecified atom stereocenters. The van der Waals surface area contributed by atoms with Crippen LogP contribution >= 0.6 is 0 Å². The maximum absolute atomic E-state index is 6.86. The lowest BCUT2D eigenvalue weighted by Crippen LogP contribution is -2.78. The van der Waals surface area contributed by atoms with Crippen molar-refractivity contribution >= 4 is 5.69 Å². The number of aryl methyl sites for hydroxylation is 2. The van der Waals surface area contributed by atoms with Crippen LogP contribution in [-0.2, 0) is 4.74 Å². The summed E-state index contributed by atoms with van der Waals surface area (Å²) in [6, 6.07) is 6.63. The molecule has 2 fully saturated rings. The molecular weight excluding hydrogens is 260 g/mol. The van der Waals surface area contributed by atoms with Crippen molar-refractivity contribution < 1.29 is 4.74 Å². The molecule has 1 aliphatic heterocycles. The molecule has 0 aromatic heterocycles. The molecule has 1 aromatic rings. The molecule has 3 heteroatoms. The number of likely N-dealkylation sites (N-methyl/N-ethyl adjacent to an activating group) is 1. The van der Waals surface area contributed by atoms with Crippen LogP contribution in [0, 0.1) is 25.2 Å². The van der Waals surface area contributed by atoms with Crippen LogP contribution in [0.15, 0.2) is 18.2 Å². The summed E-state index contributed by atoms with van der Waals surface area (Å²) >= 11 is 0. The lowest BCUT2D eigenvalue weighted by molar-refractivity contribution is -0.150. The highest BCUT2D eigenvalue weighted by molar-refractivity contribution is 5.54. The largest absolute Gasteiger partial charge is 0.377 e. The molecule has 0 amide bonds. The monoisotopic (exact) mass is 288 g/mol. The van der Waals surface area contributed by atoms with Gasteiger partial charge in [-0.3, -0.25) is 0 Å². The van der Waals surface area contributed by atoms with E-state index in [1.165, 1.54) is 16.8 Å². The van der Waals surface area contributed by atoms with Crippen molar-refractivity contribution in [3.05, 3.63) is 29.3 Å². The molecule has 3 rings (SSSR count). The minimum absolute atomic E-state index is 0.0427. The van der Waals surface area contributed by atoms with Crippen LogP contribution in [0.4, 0.5) is 5.69 Å². The van der Waals surface area contributed by atoms with Gasteiger partial charge in [0, 0.05) is 42.8 Å². The van der Waals surface area contributed by atoms with E-state index < -0.39 is 0 Å². The van der Waals surface area contributed by atoms with Gasteiger partial charge in [-0.15, -0.1) is 0 Å². The summed E-state index contributed by atoms with van der Waals surface area (Å²) in [5, 5.41) is 0. The molecule has 0 bridgehead atoms. The molecule has 1 saturated heterocycles. The van der Waals surface area contributed by atoms with Crippen LogP contribution in [0.25, 0.3) is 0 Å². The first-order valence-electron chi connectivity index (χ1n) is 7.96. The van der Waals surface area contributed by atoms with Crippen molar-refractivity contribution in [3.63, 3.8) is 0 Å². The Labute approximate surface area is 128 Å². The Morgan fingerprint density at radius 2 is 2.05 bits per heavy atom. The molecule has 3 atom stereocenters. The van der Waals surface area contributed by atoms with Gasteiger partial charge >= 0.3 is 0 Å². The maximum Gasteiger partial charge on any atom is 0.0691 e. The van der Waals surface area contributed by atoms with E-state index in [-0.39, 0.29) is 11.0 Å². The molecule has 2 aliphatic rings. The summed E-state index contributed by atoms with van der Waals surface area (Å²) in [4.78, 5) is 2.32. The minimum atomic E-state index is -0.166. The third-order valence-electron chi connectivity index (χ3n) is 5.93. The molecule has 21 heavy (non-hydrogen) atoms. The fraction of sp³-hybridized carbons (Fsp3) is 0.667. The van der Waals surface area contributed by atoms with E-state index in [0.29, 0.717) is 12.0 Å². The molecule has 0 spiro atoms. The van der Waals surface area contributed by atoms with Crippen LogP contribution in [0.1, 0.15) is 31.4 Å². The topological polar surface area (TPSA) is 38.5 Å². The van der Waals surface area contributed by atoms with Gasteiger partial charge in [-0.25, -0.2) is 0 Å². The van der Waals surface area contributed by atoms with Crippen LogP contribution in [0.3, 0.4) is 0 Å². The van der Waals surface area contributed by atoms with Gasteiger partial charge in [0.05, 0.1) is 6.10 Å². The second kappa shape index (κ2) is 4.72. The summed E-state index contributed by atoms with van der Waals surface area (Å²) < 4.78 is 5.89. The van der Waals surface area contributed by atoms with Gasteiger partial charge < -0.3 is 15.4 Å². The minimum Gasteiger partial charge on any atom is -0.377 e. The molecule has 1 aliphatic carbocycles. The van der Waals surface area contributed by atoms with E-state index in [1.54, 1.807) is 0 Å². The highest BCUT2D eigenvalue weighted by atomic mass is 16.5. The van der Waals surface area contributed by atoms with E-state index in [0.717, 1.165) is 19.6 Å². The Morgan fingerprint density at radius 3 is 2.71 bits per heavy atom. The second-order valence-corrected chi connectivity index (χ2v) is 7.59. The van der Waals surface area contributed by atoms with E-state index in [9.17, 15) is 0 Å². The third kappa shape index (κ3) is 2.01. The van der Waals surface area contributed by atoms with Crippen LogP contribution in [0.5, 0.6) is 0 Å².